The van der Waals surface area contributed by atoms with Crippen LogP contribution in [0.25, 0.3) is 25.7 Å². The summed E-state index contributed by atoms with van der Waals surface area (Å²) in [5.74, 6) is 0.808. The van der Waals surface area contributed by atoms with Gasteiger partial charge in [-0.05, 0) is 17.5 Å². The zero-order valence-corrected chi connectivity index (χ0v) is 11.3. The zero-order chi connectivity index (χ0) is 12.1. The normalized spacial score (nSPS) is 11.6. The number of aromatic nitrogens is 4. The molecule has 0 saturated heterocycles. The fourth-order valence-corrected chi connectivity index (χ4v) is 4.05. The zero-order valence-electron chi connectivity index (χ0n) is 8.87. The van der Waals surface area contributed by atoms with Crippen LogP contribution in [0.15, 0.2) is 29.9 Å². The van der Waals surface area contributed by atoms with E-state index in [9.17, 15) is 0 Å². The van der Waals surface area contributed by atoms with Crippen LogP contribution in [-0.2, 0) is 0 Å². The summed E-state index contributed by atoms with van der Waals surface area (Å²) >= 11 is 9.27. The molecule has 0 aliphatic rings. The third kappa shape index (κ3) is 1.46. The van der Waals surface area contributed by atoms with E-state index in [-0.39, 0.29) is 0 Å². The van der Waals surface area contributed by atoms with Crippen molar-refractivity contribution in [2.75, 3.05) is 0 Å². The minimum atomic E-state index is 0.425. The maximum atomic E-state index is 5.83. The van der Waals surface area contributed by atoms with Crippen molar-refractivity contribution in [3.63, 3.8) is 0 Å². The first-order valence-corrected chi connectivity index (χ1v) is 7.22. The Morgan fingerprint density at radius 3 is 3.00 bits per heavy atom. The molecule has 0 aromatic carbocycles. The molecular formula is C11H5ClN4S2. The SMILES string of the molecule is Clc1cc2nnc(-c3cc4sccc4s3)n2cn1. The first-order chi connectivity index (χ1) is 8.81. The van der Waals surface area contributed by atoms with E-state index >= 15 is 0 Å². The smallest absolute Gasteiger partial charge is 0.179 e. The maximum Gasteiger partial charge on any atom is 0.179 e. The molecule has 0 unspecified atom stereocenters. The van der Waals surface area contributed by atoms with E-state index in [0.717, 1.165) is 10.7 Å². The van der Waals surface area contributed by atoms with Gasteiger partial charge in [-0.3, -0.25) is 4.40 Å². The second-order valence-corrected chi connectivity index (χ2v) is 6.14. The predicted octanol–water partition coefficient (Wildman–Crippen LogP) is 3.72. The van der Waals surface area contributed by atoms with Gasteiger partial charge in [0, 0.05) is 15.5 Å². The molecule has 0 spiro atoms. The van der Waals surface area contributed by atoms with Crippen LogP contribution < -0.4 is 0 Å². The Hall–Kier alpha value is -1.50. The van der Waals surface area contributed by atoms with Crippen LogP contribution in [0.3, 0.4) is 0 Å². The fourth-order valence-electron chi connectivity index (χ4n) is 1.82. The van der Waals surface area contributed by atoms with Crippen molar-refractivity contribution >= 4 is 49.3 Å². The second kappa shape index (κ2) is 3.74. The van der Waals surface area contributed by atoms with E-state index < -0.39 is 0 Å². The highest BCUT2D eigenvalue weighted by Crippen LogP contribution is 2.35. The summed E-state index contributed by atoms with van der Waals surface area (Å²) in [5, 5.41) is 10.8. The molecule has 7 heteroatoms. The highest BCUT2D eigenvalue weighted by Gasteiger charge is 2.12. The average Bonchev–Trinajstić information content (AvgIpc) is 2.98. The lowest BCUT2D eigenvalue weighted by molar-refractivity contribution is 1.08. The van der Waals surface area contributed by atoms with Crippen LogP contribution in [-0.4, -0.2) is 19.6 Å². The van der Waals surface area contributed by atoms with Crippen molar-refractivity contribution in [1.82, 2.24) is 19.6 Å². The highest BCUT2D eigenvalue weighted by molar-refractivity contribution is 7.28. The predicted molar refractivity (Wildman–Crippen MR) is 74.5 cm³/mol. The van der Waals surface area contributed by atoms with E-state index in [1.54, 1.807) is 35.1 Å². The van der Waals surface area contributed by atoms with E-state index in [1.165, 1.54) is 9.40 Å². The number of hydrogen-bond donors (Lipinski definition) is 0. The third-order valence-electron chi connectivity index (χ3n) is 2.63. The van der Waals surface area contributed by atoms with Gasteiger partial charge in [-0.1, -0.05) is 11.6 Å². The average molecular weight is 293 g/mol. The van der Waals surface area contributed by atoms with Gasteiger partial charge >= 0.3 is 0 Å². The van der Waals surface area contributed by atoms with E-state index in [2.05, 4.69) is 32.7 Å². The number of hydrogen-bond acceptors (Lipinski definition) is 5. The summed E-state index contributed by atoms with van der Waals surface area (Å²) in [6.07, 6.45) is 1.65. The fraction of sp³-hybridized carbons (Fsp3) is 0. The van der Waals surface area contributed by atoms with E-state index in [1.807, 2.05) is 4.40 Å². The molecule has 4 aromatic heterocycles. The number of rotatable bonds is 1. The maximum absolute atomic E-state index is 5.83. The minimum Gasteiger partial charge on any atom is -0.264 e. The molecule has 4 nitrogen and oxygen atoms in total. The van der Waals surface area contributed by atoms with Gasteiger partial charge in [0.05, 0.1) is 4.88 Å². The molecule has 18 heavy (non-hydrogen) atoms. The highest BCUT2D eigenvalue weighted by atomic mass is 35.5. The number of fused-ring (bicyclic) bond motifs is 2. The molecule has 0 saturated carbocycles. The Labute approximate surface area is 114 Å². The molecule has 4 heterocycles. The molecule has 0 N–H and O–H groups in total. The van der Waals surface area contributed by atoms with Crippen LogP contribution in [0.1, 0.15) is 0 Å². The van der Waals surface area contributed by atoms with Crippen molar-refractivity contribution < 1.29 is 0 Å². The molecule has 4 aromatic rings. The summed E-state index contributed by atoms with van der Waals surface area (Å²) < 4.78 is 4.39. The molecule has 0 amide bonds. The van der Waals surface area contributed by atoms with Crippen LogP contribution in [0.2, 0.25) is 5.15 Å². The topological polar surface area (TPSA) is 43.1 Å². The molecule has 0 aliphatic heterocycles. The van der Waals surface area contributed by atoms with Gasteiger partial charge in [-0.2, -0.15) is 0 Å². The quantitative estimate of drug-likeness (QED) is 0.502. The van der Waals surface area contributed by atoms with Gasteiger partial charge in [0.25, 0.3) is 0 Å². The van der Waals surface area contributed by atoms with E-state index in [4.69, 9.17) is 11.6 Å². The second-order valence-electron chi connectivity index (χ2n) is 3.72. The van der Waals surface area contributed by atoms with Gasteiger partial charge < -0.3 is 0 Å². The monoisotopic (exact) mass is 292 g/mol. The van der Waals surface area contributed by atoms with Gasteiger partial charge in [0.15, 0.2) is 11.5 Å². The lowest BCUT2D eigenvalue weighted by Crippen LogP contribution is -1.89. The largest absolute Gasteiger partial charge is 0.264 e. The Bertz CT molecular complexity index is 832. The Morgan fingerprint density at radius 2 is 2.11 bits per heavy atom. The number of thiophene rings is 2. The van der Waals surface area contributed by atoms with E-state index in [0.29, 0.717) is 10.8 Å². The third-order valence-corrected chi connectivity index (χ3v) is 4.92. The number of halogens is 1. The van der Waals surface area contributed by atoms with Gasteiger partial charge in [0.2, 0.25) is 0 Å². The summed E-state index contributed by atoms with van der Waals surface area (Å²) in [6.45, 7) is 0. The molecular weight excluding hydrogens is 288 g/mol. The van der Waals surface area contributed by atoms with Crippen LogP contribution >= 0.6 is 34.3 Å². The standard InChI is InChI=1S/C11H5ClN4S2/c12-9-4-10-14-15-11(16(10)5-13-9)8-3-7-6(18-8)1-2-17-7/h1-5H. The van der Waals surface area contributed by atoms with Gasteiger partial charge in [0.1, 0.15) is 11.5 Å². The van der Waals surface area contributed by atoms with Crippen LogP contribution in [0.5, 0.6) is 0 Å². The van der Waals surface area contributed by atoms with Crippen molar-refractivity contribution in [3.05, 3.63) is 35.1 Å². The van der Waals surface area contributed by atoms with Crippen LogP contribution in [0.4, 0.5) is 0 Å². The van der Waals surface area contributed by atoms with Crippen molar-refractivity contribution in [2.24, 2.45) is 0 Å². The van der Waals surface area contributed by atoms with Crippen molar-refractivity contribution in [3.8, 4) is 10.7 Å². The lowest BCUT2D eigenvalue weighted by Gasteiger charge is -1.95. The van der Waals surface area contributed by atoms with Crippen molar-refractivity contribution in [2.45, 2.75) is 0 Å². The molecule has 4 rings (SSSR count). The summed E-state index contributed by atoms with van der Waals surface area (Å²) in [6, 6.07) is 5.95. The summed E-state index contributed by atoms with van der Waals surface area (Å²) in [4.78, 5) is 5.15. The minimum absolute atomic E-state index is 0.425. The molecule has 0 fully saturated rings. The van der Waals surface area contributed by atoms with Gasteiger partial charge in [-0.15, -0.1) is 32.9 Å². The first kappa shape index (κ1) is 10.4. The Kier molecular flexibility index (Phi) is 2.17. The summed E-state index contributed by atoms with van der Waals surface area (Å²) in [5.41, 5.74) is 0.710. The molecule has 0 atom stereocenters. The Morgan fingerprint density at radius 1 is 1.17 bits per heavy atom. The molecule has 0 bridgehead atoms. The van der Waals surface area contributed by atoms with Crippen molar-refractivity contribution in [1.29, 1.82) is 0 Å². The number of nitrogens with zero attached hydrogens (tertiary/aromatic N) is 4. The summed E-state index contributed by atoms with van der Waals surface area (Å²) in [7, 11) is 0. The first-order valence-electron chi connectivity index (χ1n) is 5.15. The molecule has 0 radical (unpaired) electrons. The van der Waals surface area contributed by atoms with Gasteiger partial charge in [-0.25, -0.2) is 4.98 Å². The molecule has 88 valence electrons. The Balaban J connectivity index is 1.99. The molecule has 0 aliphatic carbocycles. The lowest BCUT2D eigenvalue weighted by atomic mass is 10.4. The van der Waals surface area contributed by atoms with Crippen LogP contribution in [0, 0.1) is 0 Å².